The van der Waals surface area contributed by atoms with Gasteiger partial charge in [0, 0.05) is 31.6 Å². The summed E-state index contributed by atoms with van der Waals surface area (Å²) in [7, 11) is 1.61. The van der Waals surface area contributed by atoms with E-state index >= 15 is 0 Å². The lowest BCUT2D eigenvalue weighted by atomic mass is 10.1. The largest absolute Gasteiger partial charge is 0.497 e. The van der Waals surface area contributed by atoms with Crippen molar-refractivity contribution in [1.82, 2.24) is 10.6 Å². The van der Waals surface area contributed by atoms with E-state index in [1.165, 1.54) is 0 Å². The van der Waals surface area contributed by atoms with Gasteiger partial charge in [-0.05, 0) is 62.6 Å². The Morgan fingerprint density at radius 2 is 1.61 bits per heavy atom. The quantitative estimate of drug-likeness (QED) is 0.505. The van der Waals surface area contributed by atoms with Gasteiger partial charge in [-0.15, -0.1) is 0 Å². The van der Waals surface area contributed by atoms with Crippen molar-refractivity contribution in [2.45, 2.75) is 52.2 Å². The summed E-state index contributed by atoms with van der Waals surface area (Å²) in [5, 5.41) is 8.25. The van der Waals surface area contributed by atoms with Crippen molar-refractivity contribution in [2.75, 3.05) is 19.0 Å². The van der Waals surface area contributed by atoms with Gasteiger partial charge in [-0.3, -0.25) is 9.59 Å². The number of carbonyl (C=O) groups is 3. The Morgan fingerprint density at radius 3 is 2.33 bits per heavy atom. The molecule has 8 heteroatoms. The zero-order valence-electron chi connectivity index (χ0n) is 19.7. The molecule has 0 aromatic heterocycles. The van der Waals surface area contributed by atoms with Gasteiger partial charge in [0.05, 0.1) is 7.11 Å². The van der Waals surface area contributed by atoms with Crippen LogP contribution >= 0.6 is 0 Å². The molecule has 2 aromatic rings. The fourth-order valence-corrected chi connectivity index (χ4v) is 2.95. The van der Waals surface area contributed by atoms with Crippen molar-refractivity contribution in [2.24, 2.45) is 0 Å². The summed E-state index contributed by atoms with van der Waals surface area (Å²) in [6, 6.07) is 14.9. The normalized spacial score (nSPS) is 10.8. The predicted octanol–water partition coefficient (Wildman–Crippen LogP) is 3.80. The average Bonchev–Trinajstić information content (AvgIpc) is 2.75. The van der Waals surface area contributed by atoms with Crippen molar-refractivity contribution in [3.63, 3.8) is 0 Å². The molecule has 0 atom stereocenters. The van der Waals surface area contributed by atoms with Gasteiger partial charge < -0.3 is 25.4 Å². The van der Waals surface area contributed by atoms with Crippen LogP contribution in [-0.4, -0.2) is 37.2 Å². The highest BCUT2D eigenvalue weighted by Crippen LogP contribution is 2.14. The van der Waals surface area contributed by atoms with Gasteiger partial charge in [0.1, 0.15) is 11.4 Å². The number of methoxy groups -OCH3 is 1. The van der Waals surface area contributed by atoms with Crippen LogP contribution in [0.25, 0.3) is 0 Å². The number of ether oxygens (including phenoxy) is 2. The summed E-state index contributed by atoms with van der Waals surface area (Å²) >= 11 is 0. The van der Waals surface area contributed by atoms with Crippen LogP contribution in [0.3, 0.4) is 0 Å². The molecule has 0 saturated carbocycles. The van der Waals surface area contributed by atoms with Gasteiger partial charge in [-0.25, -0.2) is 4.79 Å². The third-order valence-corrected chi connectivity index (χ3v) is 4.50. The monoisotopic (exact) mass is 455 g/mol. The highest BCUT2D eigenvalue weighted by atomic mass is 16.6. The highest BCUT2D eigenvalue weighted by Gasteiger charge is 2.16. The van der Waals surface area contributed by atoms with E-state index < -0.39 is 11.7 Å². The minimum absolute atomic E-state index is 0.0551. The molecule has 0 fully saturated rings. The third-order valence-electron chi connectivity index (χ3n) is 4.50. The van der Waals surface area contributed by atoms with Crippen molar-refractivity contribution in [3.8, 4) is 5.75 Å². The van der Waals surface area contributed by atoms with E-state index in [-0.39, 0.29) is 24.8 Å². The third kappa shape index (κ3) is 10.5. The molecule has 3 N–H and O–H groups in total. The molecule has 0 unspecified atom stereocenters. The number of amides is 3. The van der Waals surface area contributed by atoms with E-state index in [0.29, 0.717) is 25.1 Å². The van der Waals surface area contributed by atoms with E-state index in [9.17, 15) is 14.4 Å². The fourth-order valence-electron chi connectivity index (χ4n) is 2.95. The molecule has 0 aliphatic heterocycles. The summed E-state index contributed by atoms with van der Waals surface area (Å²) in [6.45, 7) is 5.85. The number of alkyl carbamates (subject to hydrolysis) is 1. The van der Waals surface area contributed by atoms with Crippen LogP contribution in [0.1, 0.15) is 44.7 Å². The highest BCUT2D eigenvalue weighted by molar-refractivity contribution is 5.91. The van der Waals surface area contributed by atoms with Crippen LogP contribution in [-0.2, 0) is 27.3 Å². The first-order valence-corrected chi connectivity index (χ1v) is 10.9. The molecule has 0 saturated heterocycles. The summed E-state index contributed by atoms with van der Waals surface area (Å²) in [6.07, 6.45) is 0.550. The number of carbonyl (C=O) groups excluding carboxylic acids is 3. The van der Waals surface area contributed by atoms with Gasteiger partial charge in [0.15, 0.2) is 0 Å². The molecule has 0 aliphatic rings. The Kier molecular flexibility index (Phi) is 9.72. The molecule has 0 bridgehead atoms. The number of hydrogen-bond acceptors (Lipinski definition) is 5. The van der Waals surface area contributed by atoms with Gasteiger partial charge in [-0.1, -0.05) is 24.3 Å². The number of nitrogens with one attached hydrogen (secondary N) is 3. The van der Waals surface area contributed by atoms with Gasteiger partial charge in [0.25, 0.3) is 0 Å². The second kappa shape index (κ2) is 12.5. The lowest BCUT2D eigenvalue weighted by Gasteiger charge is -2.19. The second-order valence-corrected chi connectivity index (χ2v) is 8.56. The molecule has 33 heavy (non-hydrogen) atoms. The maximum atomic E-state index is 12.2. The fraction of sp³-hybridized carbons (Fsp3) is 0.400. The number of hydrogen-bond donors (Lipinski definition) is 3. The number of rotatable bonds is 10. The van der Waals surface area contributed by atoms with Crippen molar-refractivity contribution >= 4 is 23.6 Å². The zero-order chi connectivity index (χ0) is 24.3. The Labute approximate surface area is 195 Å². The summed E-state index contributed by atoms with van der Waals surface area (Å²) in [4.78, 5) is 36.0. The van der Waals surface area contributed by atoms with Crippen LogP contribution in [0.5, 0.6) is 5.75 Å². The molecule has 3 amide bonds. The topological polar surface area (TPSA) is 106 Å². The average molecular weight is 456 g/mol. The Bertz CT molecular complexity index is 953. The van der Waals surface area contributed by atoms with E-state index in [0.717, 1.165) is 16.9 Å². The Morgan fingerprint density at radius 1 is 0.879 bits per heavy atom. The maximum Gasteiger partial charge on any atom is 0.407 e. The molecule has 178 valence electrons. The maximum absolute atomic E-state index is 12.2. The molecular formula is C25H33N3O5. The van der Waals surface area contributed by atoms with Gasteiger partial charge in [0.2, 0.25) is 11.8 Å². The van der Waals surface area contributed by atoms with Gasteiger partial charge in [-0.2, -0.15) is 0 Å². The molecule has 2 rings (SSSR count). The zero-order valence-corrected chi connectivity index (χ0v) is 19.7. The smallest absolute Gasteiger partial charge is 0.407 e. The summed E-state index contributed by atoms with van der Waals surface area (Å²) < 4.78 is 10.3. The minimum Gasteiger partial charge on any atom is -0.497 e. The molecule has 0 heterocycles. The lowest BCUT2D eigenvalue weighted by molar-refractivity contribution is -0.121. The lowest BCUT2D eigenvalue weighted by Crippen LogP contribution is -2.34. The van der Waals surface area contributed by atoms with Crippen molar-refractivity contribution in [1.29, 1.82) is 0 Å². The molecule has 2 aromatic carbocycles. The van der Waals surface area contributed by atoms with Crippen LogP contribution in [0.15, 0.2) is 48.5 Å². The number of aryl methyl sites for hydroxylation is 1. The summed E-state index contributed by atoms with van der Waals surface area (Å²) in [5.41, 5.74) is 1.95. The van der Waals surface area contributed by atoms with E-state index in [4.69, 9.17) is 9.47 Å². The first kappa shape index (κ1) is 25.7. The molecular weight excluding hydrogens is 422 g/mol. The van der Waals surface area contributed by atoms with E-state index in [2.05, 4.69) is 16.0 Å². The minimum atomic E-state index is -0.586. The molecule has 0 radical (unpaired) electrons. The standard InChI is InChI=1S/C25H33N3O5/c1-25(2,3)33-24(31)26-14-13-23(30)28-20-9-5-8-19(15-20)17-27-22(29)12-11-18-7-6-10-21(16-18)32-4/h5-10,15-16H,11-14,17H2,1-4H3,(H,26,31)(H,27,29)(H,28,30). The second-order valence-electron chi connectivity index (χ2n) is 8.56. The summed E-state index contributed by atoms with van der Waals surface area (Å²) in [5.74, 6) is 0.485. The number of benzene rings is 2. The van der Waals surface area contributed by atoms with Crippen molar-refractivity contribution in [3.05, 3.63) is 59.7 Å². The molecule has 0 aliphatic carbocycles. The first-order chi connectivity index (χ1) is 15.6. The first-order valence-electron chi connectivity index (χ1n) is 10.9. The van der Waals surface area contributed by atoms with Crippen LogP contribution in [0.2, 0.25) is 0 Å². The van der Waals surface area contributed by atoms with Crippen LogP contribution in [0.4, 0.5) is 10.5 Å². The van der Waals surface area contributed by atoms with Crippen LogP contribution in [0, 0.1) is 0 Å². The Balaban J connectivity index is 1.73. The Hall–Kier alpha value is -3.55. The van der Waals surface area contributed by atoms with E-state index in [1.807, 2.05) is 42.5 Å². The molecule has 8 nitrogen and oxygen atoms in total. The number of anilines is 1. The van der Waals surface area contributed by atoms with Crippen LogP contribution < -0.4 is 20.7 Å². The SMILES string of the molecule is COc1cccc(CCC(=O)NCc2cccc(NC(=O)CCNC(=O)OC(C)(C)C)c2)c1. The predicted molar refractivity (Wildman–Crippen MR) is 127 cm³/mol. The van der Waals surface area contributed by atoms with Gasteiger partial charge >= 0.3 is 6.09 Å². The van der Waals surface area contributed by atoms with E-state index in [1.54, 1.807) is 33.9 Å². The van der Waals surface area contributed by atoms with Crippen molar-refractivity contribution < 1.29 is 23.9 Å². The molecule has 0 spiro atoms.